The summed E-state index contributed by atoms with van der Waals surface area (Å²) < 4.78 is 5.16. The second kappa shape index (κ2) is 16.6. The fourth-order valence-corrected chi connectivity index (χ4v) is 12.8. The summed E-state index contributed by atoms with van der Waals surface area (Å²) in [6, 6.07) is 80.9. The van der Waals surface area contributed by atoms with Crippen LogP contribution in [-0.4, -0.2) is 15.8 Å². The van der Waals surface area contributed by atoms with Gasteiger partial charge >= 0.3 is 0 Å². The van der Waals surface area contributed by atoms with Gasteiger partial charge in [-0.1, -0.05) is 202 Å². The third-order valence-corrected chi connectivity index (χ3v) is 16.7. The molecule has 0 atom stereocenters. The average molecular weight is 980 g/mol. The van der Waals surface area contributed by atoms with Crippen molar-refractivity contribution in [2.24, 2.45) is 0 Å². The average Bonchev–Trinajstić information content (AvgIpc) is 4.12. The molecule has 0 radical (unpaired) electrons. The van der Waals surface area contributed by atoms with Gasteiger partial charge in [0.05, 0.1) is 22.2 Å². The predicted octanol–water partition coefficient (Wildman–Crippen LogP) is 17.4. The van der Waals surface area contributed by atoms with Gasteiger partial charge in [-0.3, -0.25) is 0 Å². The number of aromatic nitrogens is 2. The van der Waals surface area contributed by atoms with Crippen molar-refractivity contribution < 1.29 is 0 Å². The second-order valence-corrected chi connectivity index (χ2v) is 24.6. The summed E-state index contributed by atoms with van der Waals surface area (Å²) in [5.41, 5.74) is 25.8. The van der Waals surface area contributed by atoms with Gasteiger partial charge in [0.25, 0.3) is 6.71 Å². The normalized spacial score (nSPS) is 13.3. The minimum atomic E-state index is -0.128. The summed E-state index contributed by atoms with van der Waals surface area (Å²) in [5, 5.41) is 5.09. The Morgan fingerprint density at radius 2 is 0.842 bits per heavy atom. The van der Waals surface area contributed by atoms with Crippen LogP contribution < -0.4 is 21.3 Å². The summed E-state index contributed by atoms with van der Waals surface area (Å²) in [7, 11) is 0. The quantitative estimate of drug-likeness (QED) is 0.157. The molecule has 0 amide bonds. The second-order valence-electron chi connectivity index (χ2n) is 24.6. The van der Waals surface area contributed by atoms with E-state index in [9.17, 15) is 0 Å². The molecule has 76 heavy (non-hydrogen) atoms. The smallest absolute Gasteiger partial charge is 0.252 e. The molecule has 14 rings (SSSR count). The molecule has 4 heteroatoms. The molecule has 0 aliphatic carbocycles. The van der Waals surface area contributed by atoms with E-state index in [1.54, 1.807) is 0 Å². The fraction of sp³-hybridized carbons (Fsp3) is 0.167. The molecular weight excluding hydrogens is 918 g/mol. The Hall–Kier alpha value is -8.34. The number of benzene rings is 10. The summed E-state index contributed by atoms with van der Waals surface area (Å²) >= 11 is 0. The Kier molecular flexibility index (Phi) is 10.1. The SMILES string of the molecule is CC(C)(C)c1cc(-c2ccccc2)c(N2c3cc4c5ccccc5n(-c5ccccc5)c4cc3B3c4c2cc(-c2ccccc2)cc4-n2c4ccc(C(C)(C)C)cc4c4cc(C(C)(C)C)cc3c42)c(-c2ccccc2)c1. The first kappa shape index (κ1) is 46.2. The number of fused-ring (bicyclic) bond motifs is 10. The van der Waals surface area contributed by atoms with Crippen molar-refractivity contribution in [2.45, 2.75) is 78.6 Å². The lowest BCUT2D eigenvalue weighted by molar-refractivity contribution is 0.590. The summed E-state index contributed by atoms with van der Waals surface area (Å²) in [5.74, 6) is 0. The minimum absolute atomic E-state index is 0.0260. The van der Waals surface area contributed by atoms with Gasteiger partial charge < -0.3 is 14.0 Å². The molecule has 3 nitrogen and oxygen atoms in total. The lowest BCUT2D eigenvalue weighted by Crippen LogP contribution is -2.60. The van der Waals surface area contributed by atoms with E-state index < -0.39 is 0 Å². The zero-order valence-corrected chi connectivity index (χ0v) is 45.1. The van der Waals surface area contributed by atoms with E-state index in [-0.39, 0.29) is 23.0 Å². The molecule has 0 unspecified atom stereocenters. The Balaban J connectivity index is 1.23. The maximum absolute atomic E-state index is 2.71. The third kappa shape index (κ3) is 7.03. The zero-order valence-electron chi connectivity index (χ0n) is 45.1. The lowest BCUT2D eigenvalue weighted by Gasteiger charge is -2.42. The van der Waals surface area contributed by atoms with Gasteiger partial charge in [-0.15, -0.1) is 0 Å². The van der Waals surface area contributed by atoms with Crippen molar-refractivity contribution in [3.63, 3.8) is 0 Å². The molecule has 0 bridgehead atoms. The molecule has 4 heterocycles. The van der Waals surface area contributed by atoms with Gasteiger partial charge in [-0.25, -0.2) is 0 Å². The van der Waals surface area contributed by atoms with Gasteiger partial charge in [0.2, 0.25) is 0 Å². The van der Waals surface area contributed by atoms with Crippen LogP contribution in [0, 0.1) is 0 Å². The van der Waals surface area contributed by atoms with E-state index in [1.807, 2.05) is 0 Å². The number of hydrogen-bond acceptors (Lipinski definition) is 1. The highest BCUT2D eigenvalue weighted by atomic mass is 15.2. The molecule has 10 aromatic carbocycles. The molecule has 0 saturated carbocycles. The zero-order chi connectivity index (χ0) is 52.0. The molecule has 0 fully saturated rings. The molecule has 0 saturated heterocycles. The van der Waals surface area contributed by atoms with Gasteiger partial charge in [0.15, 0.2) is 0 Å². The van der Waals surface area contributed by atoms with Crippen LogP contribution in [0.25, 0.3) is 88.4 Å². The van der Waals surface area contributed by atoms with Crippen molar-refractivity contribution in [2.75, 3.05) is 4.90 Å². The molecule has 12 aromatic rings. The van der Waals surface area contributed by atoms with Crippen LogP contribution in [0.15, 0.2) is 212 Å². The third-order valence-electron chi connectivity index (χ3n) is 16.7. The molecule has 2 aromatic heterocycles. The van der Waals surface area contributed by atoms with Gasteiger partial charge in [0, 0.05) is 60.9 Å². The van der Waals surface area contributed by atoms with Crippen LogP contribution in [0.4, 0.5) is 17.1 Å². The van der Waals surface area contributed by atoms with E-state index in [0.29, 0.717) is 0 Å². The fourth-order valence-electron chi connectivity index (χ4n) is 12.8. The van der Waals surface area contributed by atoms with Gasteiger partial charge in [-0.2, -0.15) is 0 Å². The maximum Gasteiger partial charge on any atom is 0.252 e. The Bertz CT molecular complexity index is 4250. The van der Waals surface area contributed by atoms with E-state index in [0.717, 1.165) is 5.69 Å². The maximum atomic E-state index is 2.71. The minimum Gasteiger partial charge on any atom is -0.310 e. The van der Waals surface area contributed by atoms with E-state index in [2.05, 4.69) is 289 Å². The summed E-state index contributed by atoms with van der Waals surface area (Å²) in [4.78, 5) is 2.71. The monoisotopic (exact) mass is 980 g/mol. The van der Waals surface area contributed by atoms with Gasteiger partial charge in [-0.05, 0) is 144 Å². The molecule has 368 valence electrons. The highest BCUT2D eigenvalue weighted by Crippen LogP contribution is 2.52. The predicted molar refractivity (Wildman–Crippen MR) is 327 cm³/mol. The molecule has 0 N–H and O–H groups in total. The highest BCUT2D eigenvalue weighted by Gasteiger charge is 2.45. The molecule has 2 aliphatic rings. The molecule has 2 aliphatic heterocycles. The van der Waals surface area contributed by atoms with E-state index in [1.165, 1.54) is 133 Å². The molecule has 0 spiro atoms. The number of rotatable bonds is 5. The molecular formula is C72H62BN3. The Morgan fingerprint density at radius 3 is 1.46 bits per heavy atom. The van der Waals surface area contributed by atoms with Crippen molar-refractivity contribution in [1.29, 1.82) is 0 Å². The van der Waals surface area contributed by atoms with Crippen molar-refractivity contribution in [3.8, 4) is 44.8 Å². The largest absolute Gasteiger partial charge is 0.310 e. The van der Waals surface area contributed by atoms with Crippen molar-refractivity contribution in [3.05, 3.63) is 229 Å². The first-order chi connectivity index (χ1) is 36.6. The first-order valence-corrected chi connectivity index (χ1v) is 27.2. The van der Waals surface area contributed by atoms with Crippen molar-refractivity contribution >= 4 is 83.8 Å². The summed E-state index contributed by atoms with van der Waals surface area (Å²) in [6.45, 7) is 21.1. The highest BCUT2D eigenvalue weighted by molar-refractivity contribution is 7.00. The van der Waals surface area contributed by atoms with Crippen LogP contribution >= 0.6 is 0 Å². The van der Waals surface area contributed by atoms with Crippen molar-refractivity contribution in [1.82, 2.24) is 9.13 Å². The van der Waals surface area contributed by atoms with Gasteiger partial charge in [0.1, 0.15) is 0 Å². The van der Waals surface area contributed by atoms with Crippen LogP contribution in [-0.2, 0) is 16.2 Å². The van der Waals surface area contributed by atoms with E-state index in [4.69, 9.17) is 0 Å². The number of para-hydroxylation sites is 2. The van der Waals surface area contributed by atoms with Crippen LogP contribution in [0.2, 0.25) is 0 Å². The number of nitrogens with zero attached hydrogens (tertiary/aromatic N) is 3. The Labute approximate surface area is 447 Å². The summed E-state index contributed by atoms with van der Waals surface area (Å²) in [6.07, 6.45) is 0. The standard InChI is InChI=1S/C72H62BN3/c1-70(2,3)49-34-35-62-56(38-49)58-41-51(72(7,8)9)42-60-69(58)75(62)65-36-48(45-24-14-10-15-25-45)37-66-67(65)73(60)59-44-63-57(53-32-22-23-33-61(53)74(63)52-30-20-13-21-31-52)43-64(59)76(66)68-54(46-26-16-11-17-27-46)39-50(71(4,5)6)40-55(68)47-28-18-12-19-29-47/h10-44H,1-9H3. The lowest BCUT2D eigenvalue weighted by atomic mass is 9.33. The number of hydrogen-bond donors (Lipinski definition) is 0. The van der Waals surface area contributed by atoms with E-state index >= 15 is 0 Å². The Morgan fingerprint density at radius 1 is 0.329 bits per heavy atom. The van der Waals surface area contributed by atoms with Crippen LogP contribution in [0.3, 0.4) is 0 Å². The van der Waals surface area contributed by atoms with Crippen LogP contribution in [0.5, 0.6) is 0 Å². The van der Waals surface area contributed by atoms with Crippen LogP contribution in [0.1, 0.15) is 79.0 Å². The first-order valence-electron chi connectivity index (χ1n) is 27.2. The number of anilines is 3. The topological polar surface area (TPSA) is 13.1 Å².